The Kier molecular flexibility index (Phi) is 3.48. The Morgan fingerprint density at radius 1 is 1.38 bits per heavy atom. The van der Waals surface area contributed by atoms with Crippen LogP contribution in [0.1, 0.15) is 22.5 Å². The Morgan fingerprint density at radius 2 is 2.19 bits per heavy atom. The van der Waals surface area contributed by atoms with Crippen molar-refractivity contribution in [2.75, 3.05) is 23.8 Å². The van der Waals surface area contributed by atoms with Gasteiger partial charge in [-0.05, 0) is 31.5 Å². The quantitative estimate of drug-likeness (QED) is 0.872. The van der Waals surface area contributed by atoms with Gasteiger partial charge in [0.05, 0.1) is 35.4 Å². The van der Waals surface area contributed by atoms with Crippen LogP contribution in [0, 0.1) is 6.92 Å². The number of para-hydroxylation sites is 2. The predicted molar refractivity (Wildman–Crippen MR) is 81.6 cm³/mol. The highest BCUT2D eigenvalue weighted by molar-refractivity contribution is 6.08. The lowest BCUT2D eigenvalue weighted by Crippen LogP contribution is -2.32. The van der Waals surface area contributed by atoms with Crippen LogP contribution in [0.5, 0.6) is 5.75 Å². The number of carbonyl (C=O) groups is 1. The molecule has 21 heavy (non-hydrogen) atoms. The summed E-state index contributed by atoms with van der Waals surface area (Å²) in [6, 6.07) is 9.26. The smallest absolute Gasteiger partial charge is 0.260 e. The van der Waals surface area contributed by atoms with Gasteiger partial charge in [-0.25, -0.2) is 0 Å². The molecule has 0 aliphatic carbocycles. The Labute approximate surface area is 123 Å². The number of fused-ring (bicyclic) bond motifs is 1. The highest BCUT2D eigenvalue weighted by atomic mass is 16.5. The Hall–Kier alpha value is -2.56. The standard InChI is InChI=1S/C16H17N3O2/c1-11-13(9-12(17)10-18-11)16(20)19-7-4-8-21-15-6-3-2-5-14(15)19/h2-3,5-6,9-10H,4,7-8,17H2,1H3. The molecular formula is C16H17N3O2. The van der Waals surface area contributed by atoms with Gasteiger partial charge in [-0.15, -0.1) is 0 Å². The fraction of sp³-hybridized carbons (Fsp3) is 0.250. The van der Waals surface area contributed by atoms with Crippen molar-refractivity contribution in [3.63, 3.8) is 0 Å². The Balaban J connectivity index is 2.03. The maximum absolute atomic E-state index is 12.9. The first-order valence-electron chi connectivity index (χ1n) is 6.92. The summed E-state index contributed by atoms with van der Waals surface area (Å²) in [7, 11) is 0. The molecule has 1 aliphatic rings. The average molecular weight is 283 g/mol. The first-order chi connectivity index (χ1) is 10.2. The summed E-state index contributed by atoms with van der Waals surface area (Å²) in [6.07, 6.45) is 2.35. The number of nitrogens with zero attached hydrogens (tertiary/aromatic N) is 2. The van der Waals surface area contributed by atoms with Gasteiger partial charge in [0.15, 0.2) is 0 Å². The molecule has 0 unspecified atom stereocenters. The van der Waals surface area contributed by atoms with Crippen LogP contribution < -0.4 is 15.4 Å². The molecule has 0 saturated heterocycles. The average Bonchev–Trinajstić information content (AvgIpc) is 2.71. The third kappa shape index (κ3) is 2.54. The van der Waals surface area contributed by atoms with Crippen LogP contribution in [0.25, 0.3) is 0 Å². The summed E-state index contributed by atoms with van der Waals surface area (Å²) in [4.78, 5) is 18.8. The van der Waals surface area contributed by atoms with Crippen LogP contribution in [0.3, 0.4) is 0 Å². The molecule has 1 aliphatic heterocycles. The number of rotatable bonds is 1. The van der Waals surface area contributed by atoms with E-state index in [4.69, 9.17) is 10.5 Å². The number of nitrogens with two attached hydrogens (primary N) is 1. The van der Waals surface area contributed by atoms with E-state index in [0.717, 1.165) is 17.9 Å². The lowest BCUT2D eigenvalue weighted by atomic mass is 10.1. The third-order valence-electron chi connectivity index (χ3n) is 3.52. The lowest BCUT2D eigenvalue weighted by molar-refractivity contribution is 0.0986. The van der Waals surface area contributed by atoms with Crippen molar-refractivity contribution in [2.45, 2.75) is 13.3 Å². The monoisotopic (exact) mass is 283 g/mol. The van der Waals surface area contributed by atoms with Gasteiger partial charge in [0.2, 0.25) is 0 Å². The van der Waals surface area contributed by atoms with E-state index < -0.39 is 0 Å². The normalized spacial score (nSPS) is 14.0. The van der Waals surface area contributed by atoms with E-state index in [-0.39, 0.29) is 5.91 Å². The minimum absolute atomic E-state index is 0.0924. The molecule has 0 fully saturated rings. The van der Waals surface area contributed by atoms with Gasteiger partial charge in [-0.3, -0.25) is 9.78 Å². The van der Waals surface area contributed by atoms with E-state index in [1.807, 2.05) is 31.2 Å². The highest BCUT2D eigenvalue weighted by Gasteiger charge is 2.24. The second-order valence-electron chi connectivity index (χ2n) is 5.03. The van der Waals surface area contributed by atoms with Crippen molar-refractivity contribution in [3.8, 4) is 5.75 Å². The minimum atomic E-state index is -0.0924. The third-order valence-corrected chi connectivity index (χ3v) is 3.52. The lowest BCUT2D eigenvalue weighted by Gasteiger charge is -2.22. The van der Waals surface area contributed by atoms with E-state index in [2.05, 4.69) is 4.98 Å². The molecule has 1 aromatic carbocycles. The zero-order valence-electron chi connectivity index (χ0n) is 11.9. The van der Waals surface area contributed by atoms with Crippen molar-refractivity contribution >= 4 is 17.3 Å². The zero-order valence-corrected chi connectivity index (χ0v) is 11.9. The highest BCUT2D eigenvalue weighted by Crippen LogP contribution is 2.31. The molecule has 0 spiro atoms. The van der Waals surface area contributed by atoms with Crippen LogP contribution in [0.15, 0.2) is 36.5 Å². The Bertz CT molecular complexity index is 685. The van der Waals surface area contributed by atoms with Crippen LogP contribution in [-0.4, -0.2) is 24.0 Å². The summed E-state index contributed by atoms with van der Waals surface area (Å²) in [5, 5.41) is 0. The molecule has 5 nitrogen and oxygen atoms in total. The molecule has 2 heterocycles. The molecule has 0 atom stereocenters. The second-order valence-corrected chi connectivity index (χ2v) is 5.03. The van der Waals surface area contributed by atoms with Crippen molar-refractivity contribution in [2.24, 2.45) is 0 Å². The van der Waals surface area contributed by atoms with Gasteiger partial charge in [0.1, 0.15) is 5.75 Å². The van der Waals surface area contributed by atoms with Crippen molar-refractivity contribution < 1.29 is 9.53 Å². The molecule has 2 N–H and O–H groups in total. The molecule has 2 aromatic rings. The van der Waals surface area contributed by atoms with Gasteiger partial charge >= 0.3 is 0 Å². The van der Waals surface area contributed by atoms with Gasteiger partial charge in [0, 0.05) is 6.54 Å². The van der Waals surface area contributed by atoms with E-state index in [1.54, 1.807) is 17.2 Å². The van der Waals surface area contributed by atoms with Gasteiger partial charge < -0.3 is 15.4 Å². The van der Waals surface area contributed by atoms with E-state index in [0.29, 0.717) is 30.1 Å². The molecule has 108 valence electrons. The maximum Gasteiger partial charge on any atom is 0.260 e. The van der Waals surface area contributed by atoms with Gasteiger partial charge in [-0.1, -0.05) is 12.1 Å². The summed E-state index contributed by atoms with van der Waals surface area (Å²) in [6.45, 7) is 3.03. The number of aromatic nitrogens is 1. The molecule has 0 saturated carbocycles. The van der Waals surface area contributed by atoms with Crippen molar-refractivity contribution in [3.05, 3.63) is 47.8 Å². The number of hydrogen-bond acceptors (Lipinski definition) is 4. The second kappa shape index (κ2) is 5.44. The SMILES string of the molecule is Cc1ncc(N)cc1C(=O)N1CCCOc2ccccc21. The van der Waals surface area contributed by atoms with E-state index >= 15 is 0 Å². The fourth-order valence-electron chi connectivity index (χ4n) is 2.45. The molecule has 1 amide bonds. The Morgan fingerprint density at radius 3 is 3.05 bits per heavy atom. The van der Waals surface area contributed by atoms with Crippen LogP contribution in [-0.2, 0) is 0 Å². The number of pyridine rings is 1. The number of aryl methyl sites for hydroxylation is 1. The topological polar surface area (TPSA) is 68.5 Å². The summed E-state index contributed by atoms with van der Waals surface area (Å²) >= 11 is 0. The molecule has 0 bridgehead atoms. The fourth-order valence-corrected chi connectivity index (χ4v) is 2.45. The number of hydrogen-bond donors (Lipinski definition) is 1. The summed E-state index contributed by atoms with van der Waals surface area (Å²) in [5.74, 6) is 0.642. The van der Waals surface area contributed by atoms with Crippen molar-refractivity contribution in [1.82, 2.24) is 4.98 Å². The zero-order chi connectivity index (χ0) is 14.8. The van der Waals surface area contributed by atoms with E-state index in [1.165, 1.54) is 0 Å². The molecule has 1 aromatic heterocycles. The largest absolute Gasteiger partial charge is 0.491 e. The predicted octanol–water partition coefficient (Wildman–Crippen LogP) is 2.40. The van der Waals surface area contributed by atoms with Crippen LogP contribution in [0.4, 0.5) is 11.4 Å². The maximum atomic E-state index is 12.9. The van der Waals surface area contributed by atoms with Gasteiger partial charge in [-0.2, -0.15) is 0 Å². The number of benzene rings is 1. The first kappa shape index (κ1) is 13.4. The summed E-state index contributed by atoms with van der Waals surface area (Å²) < 4.78 is 5.68. The van der Waals surface area contributed by atoms with Crippen LogP contribution in [0.2, 0.25) is 0 Å². The first-order valence-corrected chi connectivity index (χ1v) is 6.92. The number of amides is 1. The number of nitrogen functional groups attached to an aromatic ring is 1. The number of anilines is 2. The summed E-state index contributed by atoms with van der Waals surface area (Å²) in [5.41, 5.74) is 8.26. The number of carbonyl (C=O) groups excluding carboxylic acids is 1. The molecule has 0 radical (unpaired) electrons. The molecule has 3 rings (SSSR count). The molecular weight excluding hydrogens is 266 g/mol. The van der Waals surface area contributed by atoms with E-state index in [9.17, 15) is 4.79 Å². The number of ether oxygens (including phenoxy) is 1. The molecule has 5 heteroatoms. The van der Waals surface area contributed by atoms with Gasteiger partial charge in [0.25, 0.3) is 5.91 Å². The van der Waals surface area contributed by atoms with Crippen molar-refractivity contribution in [1.29, 1.82) is 0 Å². The van der Waals surface area contributed by atoms with Crippen LogP contribution >= 0.6 is 0 Å². The minimum Gasteiger partial charge on any atom is -0.491 e.